The quantitative estimate of drug-likeness (QED) is 0.640. The minimum Gasteiger partial charge on any atom is -0.445 e. The van der Waals surface area contributed by atoms with Crippen molar-refractivity contribution in [3.05, 3.63) is 35.9 Å². The number of rotatable bonds is 6. The molecule has 0 aliphatic carbocycles. The standard InChI is InChI=1S/C19H25N3O5/c1-12(2)15(22-19(26)27-11-13-7-4-3-5-8-13)17(24)21-14-9-6-10-20-18(25)16(14)23/h3-5,7-8,12,14-15H,6,9-11H2,1-2H3,(H,20,25)(H,21,24)(H,22,26)/t14-,15-/m0/s1. The Kier molecular flexibility index (Phi) is 7.34. The second-order valence-electron chi connectivity index (χ2n) is 6.75. The number of carbonyl (C=O) groups excluding carboxylic acids is 4. The van der Waals surface area contributed by atoms with Crippen LogP contribution in [0, 0.1) is 5.92 Å². The molecule has 0 radical (unpaired) electrons. The molecule has 2 atom stereocenters. The minimum absolute atomic E-state index is 0.0837. The van der Waals surface area contributed by atoms with Gasteiger partial charge in [-0.2, -0.15) is 0 Å². The zero-order valence-corrected chi connectivity index (χ0v) is 15.5. The summed E-state index contributed by atoms with van der Waals surface area (Å²) in [5, 5.41) is 7.60. The van der Waals surface area contributed by atoms with Gasteiger partial charge in [0.05, 0.1) is 6.04 Å². The summed E-state index contributed by atoms with van der Waals surface area (Å²) >= 11 is 0. The lowest BCUT2D eigenvalue weighted by atomic mass is 10.0. The first-order chi connectivity index (χ1) is 12.9. The van der Waals surface area contributed by atoms with Gasteiger partial charge in [-0.25, -0.2) is 4.79 Å². The molecule has 2 rings (SSSR count). The van der Waals surface area contributed by atoms with E-state index in [1.807, 2.05) is 30.3 Å². The van der Waals surface area contributed by atoms with Crippen molar-refractivity contribution in [2.75, 3.05) is 6.54 Å². The van der Waals surface area contributed by atoms with Gasteiger partial charge >= 0.3 is 6.09 Å². The lowest BCUT2D eigenvalue weighted by Crippen LogP contribution is -2.54. The highest BCUT2D eigenvalue weighted by atomic mass is 16.5. The van der Waals surface area contributed by atoms with Gasteiger partial charge in [0.15, 0.2) is 0 Å². The molecule has 1 aliphatic rings. The van der Waals surface area contributed by atoms with Crippen molar-refractivity contribution in [2.24, 2.45) is 5.92 Å². The molecule has 1 fully saturated rings. The van der Waals surface area contributed by atoms with Gasteiger partial charge in [0.25, 0.3) is 5.91 Å². The van der Waals surface area contributed by atoms with Gasteiger partial charge in [-0.3, -0.25) is 14.4 Å². The van der Waals surface area contributed by atoms with Crippen molar-refractivity contribution in [2.45, 2.75) is 45.4 Å². The molecule has 0 unspecified atom stereocenters. The van der Waals surface area contributed by atoms with Crippen molar-refractivity contribution in [3.8, 4) is 0 Å². The molecule has 3 amide bonds. The fourth-order valence-electron chi connectivity index (χ4n) is 2.71. The summed E-state index contributed by atoms with van der Waals surface area (Å²) in [6.45, 7) is 4.02. The molecular weight excluding hydrogens is 350 g/mol. The molecule has 0 aromatic heterocycles. The first kappa shape index (κ1) is 20.4. The number of nitrogens with one attached hydrogen (secondary N) is 3. The van der Waals surface area contributed by atoms with Crippen molar-refractivity contribution >= 4 is 23.7 Å². The molecule has 1 saturated heterocycles. The van der Waals surface area contributed by atoms with Crippen LogP contribution in [0.15, 0.2) is 30.3 Å². The smallest absolute Gasteiger partial charge is 0.408 e. The van der Waals surface area contributed by atoms with Crippen LogP contribution in [0.25, 0.3) is 0 Å². The van der Waals surface area contributed by atoms with E-state index in [9.17, 15) is 19.2 Å². The second-order valence-corrected chi connectivity index (χ2v) is 6.75. The van der Waals surface area contributed by atoms with E-state index in [2.05, 4.69) is 16.0 Å². The van der Waals surface area contributed by atoms with Crippen LogP contribution in [-0.4, -0.2) is 42.3 Å². The Labute approximate surface area is 158 Å². The summed E-state index contributed by atoms with van der Waals surface area (Å²) in [5.74, 6) is -2.12. The van der Waals surface area contributed by atoms with Crippen LogP contribution in [0.5, 0.6) is 0 Å². The van der Waals surface area contributed by atoms with Crippen molar-refractivity contribution in [1.82, 2.24) is 16.0 Å². The Bertz CT molecular complexity index is 690. The van der Waals surface area contributed by atoms with Gasteiger partial charge in [-0.15, -0.1) is 0 Å². The maximum atomic E-state index is 12.6. The van der Waals surface area contributed by atoms with E-state index < -0.39 is 35.8 Å². The summed E-state index contributed by atoms with van der Waals surface area (Å²) in [6.07, 6.45) is 0.228. The van der Waals surface area contributed by atoms with Gasteiger partial charge in [-0.1, -0.05) is 44.2 Å². The molecule has 1 aliphatic heterocycles. The van der Waals surface area contributed by atoms with E-state index >= 15 is 0 Å². The fourth-order valence-corrected chi connectivity index (χ4v) is 2.71. The molecule has 1 aromatic carbocycles. The van der Waals surface area contributed by atoms with E-state index in [-0.39, 0.29) is 12.5 Å². The van der Waals surface area contributed by atoms with Crippen LogP contribution < -0.4 is 16.0 Å². The van der Waals surface area contributed by atoms with Crippen LogP contribution in [-0.2, 0) is 25.7 Å². The molecule has 0 bridgehead atoms. The first-order valence-corrected chi connectivity index (χ1v) is 8.98. The third-order valence-electron chi connectivity index (χ3n) is 4.25. The number of amides is 3. The normalized spacial score (nSPS) is 18.3. The van der Waals surface area contributed by atoms with Crippen molar-refractivity contribution in [1.29, 1.82) is 0 Å². The topological polar surface area (TPSA) is 114 Å². The van der Waals surface area contributed by atoms with Gasteiger partial charge in [-0.05, 0) is 24.3 Å². The lowest BCUT2D eigenvalue weighted by molar-refractivity contribution is -0.139. The van der Waals surface area contributed by atoms with Crippen LogP contribution >= 0.6 is 0 Å². The summed E-state index contributed by atoms with van der Waals surface area (Å²) in [7, 11) is 0. The molecule has 0 spiro atoms. The molecule has 1 heterocycles. The third kappa shape index (κ3) is 6.09. The SMILES string of the molecule is CC(C)[C@H](NC(=O)OCc1ccccc1)C(=O)N[C@H]1CCCNC(=O)C1=O. The fraction of sp³-hybridized carbons (Fsp3) is 0.474. The van der Waals surface area contributed by atoms with Crippen molar-refractivity contribution in [3.63, 3.8) is 0 Å². The molecular formula is C19H25N3O5. The van der Waals surface area contributed by atoms with Gasteiger partial charge in [0.1, 0.15) is 12.6 Å². The van der Waals surface area contributed by atoms with Gasteiger partial charge in [0.2, 0.25) is 11.7 Å². The third-order valence-corrected chi connectivity index (χ3v) is 4.25. The molecule has 8 nitrogen and oxygen atoms in total. The number of benzene rings is 1. The number of alkyl carbamates (subject to hydrolysis) is 1. The van der Waals surface area contributed by atoms with E-state index in [1.165, 1.54) is 0 Å². The number of hydrogen-bond donors (Lipinski definition) is 3. The van der Waals surface area contributed by atoms with Gasteiger partial charge in [0, 0.05) is 6.54 Å². The predicted molar refractivity (Wildman–Crippen MR) is 97.6 cm³/mol. The predicted octanol–water partition coefficient (Wildman–Crippen LogP) is 0.901. The highest BCUT2D eigenvalue weighted by Gasteiger charge is 2.32. The van der Waals surface area contributed by atoms with E-state index in [1.54, 1.807) is 13.8 Å². The Hall–Kier alpha value is -2.90. The van der Waals surface area contributed by atoms with Crippen LogP contribution in [0.2, 0.25) is 0 Å². The molecule has 0 saturated carbocycles. The Morgan fingerprint density at radius 1 is 1.22 bits per heavy atom. The zero-order chi connectivity index (χ0) is 19.8. The Balaban J connectivity index is 1.92. The number of ketones is 1. The maximum Gasteiger partial charge on any atom is 0.408 e. The largest absolute Gasteiger partial charge is 0.445 e. The number of Topliss-reactive ketones (excluding diaryl/α,β-unsaturated/α-hetero) is 1. The molecule has 1 aromatic rings. The Morgan fingerprint density at radius 2 is 1.93 bits per heavy atom. The summed E-state index contributed by atoms with van der Waals surface area (Å²) < 4.78 is 5.15. The van der Waals surface area contributed by atoms with E-state index in [4.69, 9.17) is 4.74 Å². The maximum absolute atomic E-state index is 12.6. The highest BCUT2D eigenvalue weighted by molar-refractivity contribution is 6.38. The molecule has 146 valence electrons. The number of carbonyl (C=O) groups is 4. The van der Waals surface area contributed by atoms with Crippen LogP contribution in [0.3, 0.4) is 0 Å². The van der Waals surface area contributed by atoms with E-state index in [0.29, 0.717) is 19.4 Å². The summed E-state index contributed by atoms with van der Waals surface area (Å²) in [6, 6.07) is 7.40. The molecule has 27 heavy (non-hydrogen) atoms. The van der Waals surface area contributed by atoms with E-state index in [0.717, 1.165) is 5.56 Å². The number of ether oxygens (including phenoxy) is 1. The first-order valence-electron chi connectivity index (χ1n) is 8.98. The average molecular weight is 375 g/mol. The van der Waals surface area contributed by atoms with Crippen molar-refractivity contribution < 1.29 is 23.9 Å². The summed E-state index contributed by atoms with van der Waals surface area (Å²) in [4.78, 5) is 48.2. The second kappa shape index (κ2) is 9.70. The monoisotopic (exact) mass is 375 g/mol. The Morgan fingerprint density at radius 3 is 2.59 bits per heavy atom. The minimum atomic E-state index is -0.886. The average Bonchev–Trinajstić information content (AvgIpc) is 2.80. The lowest BCUT2D eigenvalue weighted by Gasteiger charge is -2.23. The molecule has 3 N–H and O–H groups in total. The number of hydrogen-bond acceptors (Lipinski definition) is 5. The zero-order valence-electron chi connectivity index (χ0n) is 15.5. The summed E-state index contributed by atoms with van der Waals surface area (Å²) in [5.41, 5.74) is 0.827. The molecule has 8 heteroatoms. The van der Waals surface area contributed by atoms with Crippen LogP contribution in [0.4, 0.5) is 4.79 Å². The van der Waals surface area contributed by atoms with Gasteiger partial charge < -0.3 is 20.7 Å². The highest BCUT2D eigenvalue weighted by Crippen LogP contribution is 2.08. The van der Waals surface area contributed by atoms with Crippen LogP contribution in [0.1, 0.15) is 32.3 Å².